The third-order valence-electron chi connectivity index (χ3n) is 4.12. The van der Waals surface area contributed by atoms with Gasteiger partial charge in [0.2, 0.25) is 0 Å². The zero-order chi connectivity index (χ0) is 14.8. The molecule has 0 radical (unpaired) electrons. The smallest absolute Gasteiger partial charge is 0.162 e. The second-order valence-corrected chi connectivity index (χ2v) is 6.10. The van der Waals surface area contributed by atoms with Crippen LogP contribution in [0.4, 0.5) is 0 Å². The van der Waals surface area contributed by atoms with Crippen LogP contribution in [0.5, 0.6) is 11.5 Å². The first-order chi connectivity index (χ1) is 10.2. The van der Waals surface area contributed by atoms with E-state index in [1.165, 1.54) is 0 Å². The fourth-order valence-corrected chi connectivity index (χ4v) is 3.42. The lowest BCUT2D eigenvalue weighted by Crippen LogP contribution is -2.29. The lowest BCUT2D eigenvalue weighted by Gasteiger charge is -2.27. The Bertz CT molecular complexity index is 509. The van der Waals surface area contributed by atoms with E-state index in [0.29, 0.717) is 25.2 Å². The molecular formula is C16H22ClNO3. The predicted octanol–water partition coefficient (Wildman–Crippen LogP) is 3.19. The zero-order valence-electron chi connectivity index (χ0n) is 12.5. The van der Waals surface area contributed by atoms with Gasteiger partial charge < -0.3 is 19.5 Å². The fraction of sp³-hybridized carbons (Fsp3) is 0.625. The van der Waals surface area contributed by atoms with Gasteiger partial charge in [-0.2, -0.15) is 0 Å². The van der Waals surface area contributed by atoms with Crippen LogP contribution in [0.1, 0.15) is 31.9 Å². The van der Waals surface area contributed by atoms with Gasteiger partial charge in [0, 0.05) is 23.0 Å². The molecule has 2 aliphatic heterocycles. The SMILES string of the molecule is CCNC(c1cc2c(cc1Cl)OCCO2)C1COC(C)C1. The topological polar surface area (TPSA) is 39.7 Å². The molecule has 21 heavy (non-hydrogen) atoms. The van der Waals surface area contributed by atoms with Gasteiger partial charge in [0.1, 0.15) is 13.2 Å². The summed E-state index contributed by atoms with van der Waals surface area (Å²) in [5.74, 6) is 1.96. The summed E-state index contributed by atoms with van der Waals surface area (Å²) in [4.78, 5) is 0. The molecule has 3 unspecified atom stereocenters. The average Bonchev–Trinajstić information content (AvgIpc) is 2.91. The number of nitrogens with one attached hydrogen (secondary N) is 1. The van der Waals surface area contributed by atoms with Crippen molar-refractivity contribution in [3.05, 3.63) is 22.7 Å². The first-order valence-electron chi connectivity index (χ1n) is 7.63. The second-order valence-electron chi connectivity index (χ2n) is 5.69. The molecular weight excluding hydrogens is 290 g/mol. The summed E-state index contributed by atoms with van der Waals surface area (Å²) >= 11 is 6.49. The number of benzene rings is 1. The van der Waals surface area contributed by atoms with E-state index >= 15 is 0 Å². The first-order valence-corrected chi connectivity index (χ1v) is 8.01. The largest absolute Gasteiger partial charge is 0.486 e. The summed E-state index contributed by atoms with van der Waals surface area (Å²) < 4.78 is 17.0. The summed E-state index contributed by atoms with van der Waals surface area (Å²) in [5.41, 5.74) is 1.07. The number of hydrogen-bond donors (Lipinski definition) is 1. The number of halogens is 1. The van der Waals surface area contributed by atoms with Crippen molar-refractivity contribution >= 4 is 11.6 Å². The van der Waals surface area contributed by atoms with Gasteiger partial charge in [0.15, 0.2) is 11.5 Å². The third kappa shape index (κ3) is 3.12. The molecule has 1 N–H and O–H groups in total. The molecule has 2 aliphatic rings. The Hall–Kier alpha value is -0.970. The summed E-state index contributed by atoms with van der Waals surface area (Å²) in [6.45, 7) is 7.05. The van der Waals surface area contributed by atoms with Gasteiger partial charge in [-0.15, -0.1) is 0 Å². The van der Waals surface area contributed by atoms with Crippen LogP contribution in [-0.4, -0.2) is 32.5 Å². The van der Waals surface area contributed by atoms with Crippen molar-refractivity contribution in [1.29, 1.82) is 0 Å². The minimum Gasteiger partial charge on any atom is -0.486 e. The number of ether oxygens (including phenoxy) is 3. The Morgan fingerprint density at radius 2 is 2.00 bits per heavy atom. The third-order valence-corrected chi connectivity index (χ3v) is 4.45. The Morgan fingerprint density at radius 1 is 1.29 bits per heavy atom. The molecule has 1 aromatic rings. The van der Waals surface area contributed by atoms with Crippen LogP contribution in [0.3, 0.4) is 0 Å². The highest BCUT2D eigenvalue weighted by molar-refractivity contribution is 6.31. The molecule has 2 heterocycles. The van der Waals surface area contributed by atoms with Gasteiger partial charge >= 0.3 is 0 Å². The number of rotatable bonds is 4. The summed E-state index contributed by atoms with van der Waals surface area (Å²) in [6.07, 6.45) is 1.36. The molecule has 1 saturated heterocycles. The molecule has 1 aromatic carbocycles. The Morgan fingerprint density at radius 3 is 2.62 bits per heavy atom. The summed E-state index contributed by atoms with van der Waals surface area (Å²) in [5, 5.41) is 4.27. The van der Waals surface area contributed by atoms with E-state index in [4.69, 9.17) is 25.8 Å². The van der Waals surface area contributed by atoms with Crippen molar-refractivity contribution in [3.63, 3.8) is 0 Å². The normalized spacial score (nSPS) is 25.9. The highest BCUT2D eigenvalue weighted by Gasteiger charge is 2.32. The molecule has 0 saturated carbocycles. The summed E-state index contributed by atoms with van der Waals surface area (Å²) in [7, 11) is 0. The van der Waals surface area contributed by atoms with E-state index in [-0.39, 0.29) is 6.04 Å². The Labute approximate surface area is 130 Å². The maximum absolute atomic E-state index is 6.49. The first kappa shape index (κ1) is 14.9. The van der Waals surface area contributed by atoms with Gasteiger partial charge in [0.25, 0.3) is 0 Å². The average molecular weight is 312 g/mol. The van der Waals surface area contributed by atoms with Crippen molar-refractivity contribution in [2.75, 3.05) is 26.4 Å². The zero-order valence-corrected chi connectivity index (χ0v) is 13.3. The van der Waals surface area contributed by atoms with Crippen LogP contribution in [0.15, 0.2) is 12.1 Å². The number of hydrogen-bond acceptors (Lipinski definition) is 4. The monoisotopic (exact) mass is 311 g/mol. The molecule has 3 atom stereocenters. The van der Waals surface area contributed by atoms with E-state index in [2.05, 4.69) is 19.2 Å². The highest BCUT2D eigenvalue weighted by atomic mass is 35.5. The molecule has 0 aromatic heterocycles. The molecule has 0 amide bonds. The summed E-state index contributed by atoms with van der Waals surface area (Å²) in [6, 6.07) is 4.07. The molecule has 4 nitrogen and oxygen atoms in total. The van der Waals surface area contributed by atoms with Crippen LogP contribution in [0, 0.1) is 5.92 Å². The van der Waals surface area contributed by atoms with Crippen LogP contribution in [0.25, 0.3) is 0 Å². The van der Waals surface area contributed by atoms with Gasteiger partial charge in [-0.3, -0.25) is 0 Å². The van der Waals surface area contributed by atoms with Crippen LogP contribution in [-0.2, 0) is 4.74 Å². The second kappa shape index (κ2) is 6.42. The Balaban J connectivity index is 1.91. The number of fused-ring (bicyclic) bond motifs is 1. The lowest BCUT2D eigenvalue weighted by atomic mass is 9.90. The van der Waals surface area contributed by atoms with Crippen molar-refractivity contribution in [1.82, 2.24) is 5.32 Å². The van der Waals surface area contributed by atoms with Crippen LogP contribution in [0.2, 0.25) is 5.02 Å². The highest BCUT2D eigenvalue weighted by Crippen LogP contribution is 2.41. The van der Waals surface area contributed by atoms with E-state index < -0.39 is 0 Å². The standard InChI is InChI=1S/C16H22ClNO3/c1-3-18-16(11-6-10(2)21-9-11)12-7-14-15(8-13(12)17)20-5-4-19-14/h7-8,10-11,16,18H,3-6,9H2,1-2H3. The van der Waals surface area contributed by atoms with E-state index in [1.54, 1.807) is 0 Å². The van der Waals surface area contributed by atoms with Gasteiger partial charge in [0.05, 0.1) is 12.7 Å². The van der Waals surface area contributed by atoms with Crippen molar-refractivity contribution < 1.29 is 14.2 Å². The van der Waals surface area contributed by atoms with Gasteiger partial charge in [-0.1, -0.05) is 18.5 Å². The molecule has 116 valence electrons. The van der Waals surface area contributed by atoms with E-state index in [9.17, 15) is 0 Å². The minimum absolute atomic E-state index is 0.184. The van der Waals surface area contributed by atoms with Crippen LogP contribution < -0.4 is 14.8 Å². The van der Waals surface area contributed by atoms with Crippen molar-refractivity contribution in [2.24, 2.45) is 5.92 Å². The van der Waals surface area contributed by atoms with Crippen molar-refractivity contribution in [2.45, 2.75) is 32.4 Å². The van der Waals surface area contributed by atoms with Crippen LogP contribution >= 0.6 is 11.6 Å². The van der Waals surface area contributed by atoms with E-state index in [0.717, 1.165) is 41.7 Å². The van der Waals surface area contributed by atoms with Gasteiger partial charge in [-0.25, -0.2) is 0 Å². The lowest BCUT2D eigenvalue weighted by molar-refractivity contribution is 0.117. The molecule has 5 heteroatoms. The molecule has 3 rings (SSSR count). The maximum Gasteiger partial charge on any atom is 0.162 e. The fourth-order valence-electron chi connectivity index (χ4n) is 3.15. The van der Waals surface area contributed by atoms with Gasteiger partial charge in [-0.05, 0) is 31.5 Å². The molecule has 0 aliphatic carbocycles. The predicted molar refractivity (Wildman–Crippen MR) is 82.4 cm³/mol. The minimum atomic E-state index is 0.184. The maximum atomic E-state index is 6.49. The quantitative estimate of drug-likeness (QED) is 0.927. The molecule has 0 bridgehead atoms. The Kier molecular flexibility index (Phi) is 4.57. The van der Waals surface area contributed by atoms with E-state index in [1.807, 2.05) is 12.1 Å². The molecule has 1 fully saturated rings. The molecule has 0 spiro atoms. The van der Waals surface area contributed by atoms with Crippen molar-refractivity contribution in [3.8, 4) is 11.5 Å².